The zero-order chi connectivity index (χ0) is 31.1. The monoisotopic (exact) mass is 567 g/mol. The van der Waals surface area contributed by atoms with Gasteiger partial charge in [0, 0.05) is 11.2 Å². The minimum absolute atomic E-state index is 0.0956. The van der Waals surface area contributed by atoms with E-state index in [-0.39, 0.29) is 17.7 Å². The summed E-state index contributed by atoms with van der Waals surface area (Å²) >= 11 is 0. The number of hydrogen-bond donors (Lipinski definition) is 2. The molecule has 0 aromatic heterocycles. The topological polar surface area (TPSA) is 97.0 Å². The molecule has 0 aliphatic rings. The van der Waals surface area contributed by atoms with Crippen LogP contribution < -0.4 is 15.4 Å². The van der Waals surface area contributed by atoms with Crippen molar-refractivity contribution >= 4 is 23.6 Å². The van der Waals surface area contributed by atoms with Crippen LogP contribution in [-0.4, -0.2) is 47.1 Å². The van der Waals surface area contributed by atoms with E-state index in [1.165, 1.54) is 0 Å². The van der Waals surface area contributed by atoms with Gasteiger partial charge in [-0.2, -0.15) is 0 Å². The number of carbonyl (C=O) groups is 3. The van der Waals surface area contributed by atoms with Crippen LogP contribution in [-0.2, 0) is 14.3 Å². The largest absolute Gasteiger partial charge is 0.497 e. The molecule has 2 N–H and O–H groups in total. The van der Waals surface area contributed by atoms with Crippen molar-refractivity contribution in [2.75, 3.05) is 12.4 Å². The number of nitrogens with one attached hydrogen (secondary N) is 2. The van der Waals surface area contributed by atoms with Gasteiger partial charge in [-0.1, -0.05) is 50.1 Å². The molecule has 0 saturated heterocycles. The van der Waals surface area contributed by atoms with Gasteiger partial charge in [-0.3, -0.25) is 9.59 Å². The number of rotatable bonds is 11. The Balaban J connectivity index is 2.67. The first-order valence-electron chi connectivity index (χ1n) is 14.3. The normalized spacial score (nSPS) is 13.3. The summed E-state index contributed by atoms with van der Waals surface area (Å²) in [6.07, 6.45) is 0.293. The number of amides is 3. The Morgan fingerprint density at radius 2 is 1.49 bits per heavy atom. The van der Waals surface area contributed by atoms with E-state index in [4.69, 9.17) is 9.47 Å². The standard InChI is InChI=1S/C33H49N3O5/c1-12-33(9,10)36(30(38)27(17-21(2)3)35-31(39)41-32(6,7)8)28(24-19-22(4)18-23(5)20-24)29(37)34-25-13-15-26(40-11)16-14-25/h13-16,18-21,27-28H,12,17H2,1-11H3,(H,34,37)(H,35,39). The van der Waals surface area contributed by atoms with Crippen LogP contribution in [0.15, 0.2) is 42.5 Å². The van der Waals surface area contributed by atoms with Gasteiger partial charge < -0.3 is 25.0 Å². The molecule has 0 aliphatic carbocycles. The molecular weight excluding hydrogens is 518 g/mol. The number of aryl methyl sites for hydroxylation is 2. The number of alkyl carbamates (subject to hydrolysis) is 1. The van der Waals surface area contributed by atoms with Crippen molar-refractivity contribution in [1.29, 1.82) is 0 Å². The average Bonchev–Trinajstić information content (AvgIpc) is 2.84. The zero-order valence-corrected chi connectivity index (χ0v) is 26.7. The number of ether oxygens (including phenoxy) is 2. The number of benzene rings is 2. The predicted molar refractivity (Wildman–Crippen MR) is 164 cm³/mol. The second kappa shape index (κ2) is 13.9. The molecule has 2 aromatic rings. The van der Waals surface area contributed by atoms with E-state index in [0.29, 0.717) is 29.8 Å². The molecular formula is C33H49N3O5. The Kier molecular flexibility index (Phi) is 11.4. The first kappa shape index (κ1) is 33.7. The van der Waals surface area contributed by atoms with Crippen LogP contribution in [0, 0.1) is 19.8 Å². The lowest BCUT2D eigenvalue weighted by molar-refractivity contribution is -0.148. The smallest absolute Gasteiger partial charge is 0.408 e. The van der Waals surface area contributed by atoms with Crippen LogP contribution in [0.5, 0.6) is 5.75 Å². The van der Waals surface area contributed by atoms with Crippen LogP contribution in [0.25, 0.3) is 0 Å². The highest BCUT2D eigenvalue weighted by atomic mass is 16.6. The van der Waals surface area contributed by atoms with E-state index in [2.05, 4.69) is 10.6 Å². The van der Waals surface area contributed by atoms with E-state index in [1.54, 1.807) is 57.0 Å². The summed E-state index contributed by atoms with van der Waals surface area (Å²) in [7, 11) is 1.58. The molecule has 3 amide bonds. The Hall–Kier alpha value is -3.55. The minimum Gasteiger partial charge on any atom is -0.497 e. The molecule has 0 aliphatic heterocycles. The maximum atomic E-state index is 14.6. The molecule has 0 spiro atoms. The van der Waals surface area contributed by atoms with E-state index < -0.39 is 29.3 Å². The summed E-state index contributed by atoms with van der Waals surface area (Å²) in [4.78, 5) is 43.3. The molecule has 0 radical (unpaired) electrons. The lowest BCUT2D eigenvalue weighted by atomic mass is 9.90. The number of anilines is 1. The molecule has 8 nitrogen and oxygen atoms in total. The van der Waals surface area contributed by atoms with Crippen molar-refractivity contribution in [3.8, 4) is 5.75 Å². The number of nitrogens with zero attached hydrogens (tertiary/aromatic N) is 1. The van der Waals surface area contributed by atoms with E-state index in [1.807, 2.05) is 66.7 Å². The van der Waals surface area contributed by atoms with Gasteiger partial charge >= 0.3 is 6.09 Å². The fourth-order valence-corrected chi connectivity index (χ4v) is 4.73. The molecule has 0 heterocycles. The summed E-state index contributed by atoms with van der Waals surface area (Å²) in [5.74, 6) is 0.0712. The lowest BCUT2D eigenvalue weighted by Crippen LogP contribution is -2.59. The fourth-order valence-electron chi connectivity index (χ4n) is 4.73. The quantitative estimate of drug-likeness (QED) is 0.306. The molecule has 0 saturated carbocycles. The van der Waals surface area contributed by atoms with Crippen molar-refractivity contribution < 1.29 is 23.9 Å². The second-order valence-corrected chi connectivity index (χ2v) is 12.7. The Bertz CT molecular complexity index is 1180. The number of hydrogen-bond acceptors (Lipinski definition) is 5. The molecule has 0 fully saturated rings. The van der Waals surface area contributed by atoms with Crippen molar-refractivity contribution in [3.05, 3.63) is 59.2 Å². The molecule has 226 valence electrons. The van der Waals surface area contributed by atoms with Gasteiger partial charge in [-0.15, -0.1) is 0 Å². The maximum Gasteiger partial charge on any atom is 0.408 e. The van der Waals surface area contributed by atoms with E-state index >= 15 is 0 Å². The Labute approximate surface area is 246 Å². The highest BCUT2D eigenvalue weighted by Crippen LogP contribution is 2.34. The van der Waals surface area contributed by atoms with Crippen molar-refractivity contribution in [3.63, 3.8) is 0 Å². The van der Waals surface area contributed by atoms with E-state index in [0.717, 1.165) is 11.1 Å². The first-order chi connectivity index (χ1) is 19.0. The Morgan fingerprint density at radius 1 is 0.927 bits per heavy atom. The first-order valence-corrected chi connectivity index (χ1v) is 14.3. The van der Waals surface area contributed by atoms with Gasteiger partial charge in [0.2, 0.25) is 5.91 Å². The van der Waals surface area contributed by atoms with Gasteiger partial charge in [-0.25, -0.2) is 4.79 Å². The van der Waals surface area contributed by atoms with Gasteiger partial charge in [-0.05, 0) is 97.1 Å². The molecule has 2 unspecified atom stereocenters. The molecule has 41 heavy (non-hydrogen) atoms. The third-order valence-electron chi connectivity index (χ3n) is 6.87. The van der Waals surface area contributed by atoms with Gasteiger partial charge in [0.25, 0.3) is 5.91 Å². The maximum absolute atomic E-state index is 14.6. The third kappa shape index (κ3) is 9.80. The second-order valence-electron chi connectivity index (χ2n) is 12.7. The molecule has 8 heteroatoms. The minimum atomic E-state index is -0.965. The fraction of sp³-hybridized carbons (Fsp3) is 0.545. The zero-order valence-electron chi connectivity index (χ0n) is 26.7. The summed E-state index contributed by atoms with van der Waals surface area (Å²) in [6.45, 7) is 19.1. The lowest BCUT2D eigenvalue weighted by Gasteiger charge is -2.45. The summed E-state index contributed by atoms with van der Waals surface area (Å²) in [5, 5.41) is 5.83. The van der Waals surface area contributed by atoms with Crippen molar-refractivity contribution in [1.82, 2.24) is 10.2 Å². The predicted octanol–water partition coefficient (Wildman–Crippen LogP) is 6.95. The average molecular weight is 568 g/mol. The molecule has 2 atom stereocenters. The van der Waals surface area contributed by atoms with Gasteiger partial charge in [0.15, 0.2) is 0 Å². The number of carbonyl (C=O) groups excluding carboxylic acids is 3. The van der Waals surface area contributed by atoms with Crippen molar-refractivity contribution in [2.24, 2.45) is 5.92 Å². The number of methoxy groups -OCH3 is 1. The van der Waals surface area contributed by atoms with Crippen LogP contribution in [0.4, 0.5) is 10.5 Å². The Morgan fingerprint density at radius 3 is 1.95 bits per heavy atom. The molecule has 0 bridgehead atoms. The highest BCUT2D eigenvalue weighted by Gasteiger charge is 2.43. The van der Waals surface area contributed by atoms with Crippen LogP contribution in [0.1, 0.15) is 91.0 Å². The van der Waals surface area contributed by atoms with Crippen LogP contribution in [0.3, 0.4) is 0 Å². The molecule has 2 rings (SSSR count). The third-order valence-corrected chi connectivity index (χ3v) is 6.87. The van der Waals surface area contributed by atoms with Crippen LogP contribution >= 0.6 is 0 Å². The van der Waals surface area contributed by atoms with Crippen molar-refractivity contribution in [2.45, 2.75) is 105 Å². The van der Waals surface area contributed by atoms with Gasteiger partial charge in [0.1, 0.15) is 23.4 Å². The SMILES string of the molecule is CCC(C)(C)N(C(=O)C(CC(C)C)NC(=O)OC(C)(C)C)C(C(=O)Nc1ccc(OC)cc1)c1cc(C)cc(C)c1. The van der Waals surface area contributed by atoms with Gasteiger partial charge in [0.05, 0.1) is 7.11 Å². The summed E-state index contributed by atoms with van der Waals surface area (Å²) < 4.78 is 10.8. The van der Waals surface area contributed by atoms with E-state index in [9.17, 15) is 14.4 Å². The molecule has 2 aromatic carbocycles. The summed E-state index contributed by atoms with van der Waals surface area (Å²) in [6, 6.07) is 11.1. The van der Waals surface area contributed by atoms with Crippen LogP contribution in [0.2, 0.25) is 0 Å². The summed E-state index contributed by atoms with van der Waals surface area (Å²) in [5.41, 5.74) is 1.78. The highest BCUT2D eigenvalue weighted by molar-refractivity contribution is 5.99.